The lowest BCUT2D eigenvalue weighted by Crippen LogP contribution is -2.35. The average Bonchev–Trinajstić information content (AvgIpc) is 2.44. The van der Waals surface area contributed by atoms with Crippen LogP contribution < -0.4 is 0 Å². The molecule has 116 valence electrons. The Kier molecular flexibility index (Phi) is 6.16. The van der Waals surface area contributed by atoms with Gasteiger partial charge in [-0.3, -0.25) is 14.9 Å². The number of carbonyl (C=O) groups is 1. The first-order valence-corrected chi connectivity index (χ1v) is 6.45. The van der Waals surface area contributed by atoms with Crippen molar-refractivity contribution in [3.8, 4) is 0 Å². The van der Waals surface area contributed by atoms with Gasteiger partial charge in [0.25, 0.3) is 5.91 Å². The standard InChI is InChI=1S/C13H16F2N2O4/c1-2-3-4-16(5-6-18)13(19)9-7-11(15)12(17(20)21)8-10(9)14/h7-8,18H,2-6H2,1H3. The number of halogens is 2. The van der Waals surface area contributed by atoms with Crippen molar-refractivity contribution >= 4 is 11.6 Å². The van der Waals surface area contributed by atoms with E-state index in [9.17, 15) is 23.7 Å². The molecule has 0 spiro atoms. The van der Waals surface area contributed by atoms with E-state index in [1.165, 1.54) is 4.90 Å². The summed E-state index contributed by atoms with van der Waals surface area (Å²) in [5.41, 5.74) is -1.60. The highest BCUT2D eigenvalue weighted by atomic mass is 19.1. The monoisotopic (exact) mass is 302 g/mol. The topological polar surface area (TPSA) is 83.7 Å². The molecule has 0 aromatic heterocycles. The Bertz CT molecular complexity index is 537. The van der Waals surface area contributed by atoms with Gasteiger partial charge in [-0.05, 0) is 12.5 Å². The van der Waals surface area contributed by atoms with Gasteiger partial charge in [-0.25, -0.2) is 4.39 Å². The van der Waals surface area contributed by atoms with Crippen LogP contribution in [0.15, 0.2) is 12.1 Å². The summed E-state index contributed by atoms with van der Waals surface area (Å²) in [5.74, 6) is -3.24. The van der Waals surface area contributed by atoms with Crippen LogP contribution in [0.1, 0.15) is 30.1 Å². The summed E-state index contributed by atoms with van der Waals surface area (Å²) in [4.78, 5) is 22.8. The molecule has 0 radical (unpaired) electrons. The lowest BCUT2D eigenvalue weighted by Gasteiger charge is -2.21. The van der Waals surface area contributed by atoms with E-state index in [4.69, 9.17) is 5.11 Å². The number of nitro benzene ring substituents is 1. The summed E-state index contributed by atoms with van der Waals surface area (Å²) >= 11 is 0. The van der Waals surface area contributed by atoms with Crippen LogP contribution in [0.3, 0.4) is 0 Å². The minimum absolute atomic E-state index is 0.0170. The molecule has 0 atom stereocenters. The number of aliphatic hydroxyl groups excluding tert-OH is 1. The molecule has 0 aliphatic rings. The van der Waals surface area contributed by atoms with Gasteiger partial charge in [0.05, 0.1) is 23.2 Å². The van der Waals surface area contributed by atoms with E-state index in [-0.39, 0.29) is 19.7 Å². The Morgan fingerprint density at radius 3 is 2.52 bits per heavy atom. The van der Waals surface area contributed by atoms with Crippen LogP contribution in [0, 0.1) is 21.7 Å². The van der Waals surface area contributed by atoms with Crippen molar-refractivity contribution in [2.45, 2.75) is 19.8 Å². The maximum absolute atomic E-state index is 13.8. The number of nitro groups is 1. The molecule has 0 bridgehead atoms. The molecule has 21 heavy (non-hydrogen) atoms. The van der Waals surface area contributed by atoms with Crippen molar-refractivity contribution in [2.75, 3.05) is 19.7 Å². The molecule has 0 aliphatic carbocycles. The van der Waals surface area contributed by atoms with Crippen LogP contribution in [-0.2, 0) is 0 Å². The number of carbonyl (C=O) groups excluding carboxylic acids is 1. The first-order chi connectivity index (χ1) is 9.92. The quantitative estimate of drug-likeness (QED) is 0.617. The fourth-order valence-corrected chi connectivity index (χ4v) is 1.80. The number of aliphatic hydroxyl groups is 1. The van der Waals surface area contributed by atoms with Crippen molar-refractivity contribution in [1.82, 2.24) is 4.90 Å². The van der Waals surface area contributed by atoms with Gasteiger partial charge in [0.2, 0.25) is 5.82 Å². The summed E-state index contributed by atoms with van der Waals surface area (Å²) in [5, 5.41) is 19.4. The largest absolute Gasteiger partial charge is 0.395 e. The second-order valence-corrected chi connectivity index (χ2v) is 4.41. The Morgan fingerprint density at radius 1 is 1.33 bits per heavy atom. The van der Waals surface area contributed by atoms with Crippen molar-refractivity contribution in [2.24, 2.45) is 0 Å². The predicted molar refractivity (Wildman–Crippen MR) is 70.9 cm³/mol. The summed E-state index contributed by atoms with van der Waals surface area (Å²) in [6, 6.07) is 0.908. The maximum Gasteiger partial charge on any atom is 0.307 e. The molecule has 8 heteroatoms. The molecule has 0 saturated carbocycles. The van der Waals surface area contributed by atoms with Gasteiger partial charge in [-0.15, -0.1) is 0 Å². The van der Waals surface area contributed by atoms with Crippen LogP contribution in [0.2, 0.25) is 0 Å². The summed E-state index contributed by atoms with van der Waals surface area (Å²) in [6.45, 7) is 1.85. The fraction of sp³-hybridized carbons (Fsp3) is 0.462. The highest BCUT2D eigenvalue weighted by molar-refractivity contribution is 5.94. The van der Waals surface area contributed by atoms with Gasteiger partial charge >= 0.3 is 5.69 Å². The second kappa shape index (κ2) is 7.63. The van der Waals surface area contributed by atoms with Gasteiger partial charge < -0.3 is 10.0 Å². The molecule has 1 rings (SSSR count). The molecule has 1 aromatic carbocycles. The first-order valence-electron chi connectivity index (χ1n) is 6.45. The second-order valence-electron chi connectivity index (χ2n) is 4.41. The number of unbranched alkanes of at least 4 members (excludes halogenated alkanes) is 1. The zero-order valence-corrected chi connectivity index (χ0v) is 11.5. The summed E-state index contributed by atoms with van der Waals surface area (Å²) in [6.07, 6.45) is 1.43. The zero-order chi connectivity index (χ0) is 16.0. The molecule has 1 N–H and O–H groups in total. The number of amides is 1. The number of nitrogens with zero attached hydrogens (tertiary/aromatic N) is 2. The molecule has 0 aliphatic heterocycles. The van der Waals surface area contributed by atoms with Gasteiger partial charge in [0.15, 0.2) is 0 Å². The van der Waals surface area contributed by atoms with Gasteiger partial charge in [0.1, 0.15) is 5.82 Å². The Labute approximate surface area is 120 Å². The van der Waals surface area contributed by atoms with E-state index < -0.39 is 33.7 Å². The van der Waals surface area contributed by atoms with Crippen molar-refractivity contribution < 1.29 is 23.6 Å². The Balaban J connectivity index is 3.10. The van der Waals surface area contributed by atoms with Crippen LogP contribution in [0.4, 0.5) is 14.5 Å². The Hall–Kier alpha value is -2.09. The lowest BCUT2D eigenvalue weighted by atomic mass is 10.1. The third-order valence-corrected chi connectivity index (χ3v) is 2.90. The molecule has 0 saturated heterocycles. The third kappa shape index (κ3) is 4.19. The molecule has 1 aromatic rings. The van der Waals surface area contributed by atoms with E-state index in [0.717, 1.165) is 6.42 Å². The van der Waals surface area contributed by atoms with Crippen LogP contribution >= 0.6 is 0 Å². The van der Waals surface area contributed by atoms with Crippen molar-refractivity contribution in [1.29, 1.82) is 0 Å². The lowest BCUT2D eigenvalue weighted by molar-refractivity contribution is -0.387. The van der Waals surface area contributed by atoms with Gasteiger partial charge in [0, 0.05) is 13.1 Å². The molecular weight excluding hydrogens is 286 g/mol. The third-order valence-electron chi connectivity index (χ3n) is 2.90. The first kappa shape index (κ1) is 17.0. The Morgan fingerprint density at radius 2 is 2.00 bits per heavy atom. The number of hydrogen-bond acceptors (Lipinski definition) is 4. The van der Waals surface area contributed by atoms with Gasteiger partial charge in [-0.2, -0.15) is 4.39 Å². The van der Waals surface area contributed by atoms with E-state index in [1.807, 2.05) is 6.92 Å². The van der Waals surface area contributed by atoms with Crippen LogP contribution in [0.5, 0.6) is 0 Å². The summed E-state index contributed by atoms with van der Waals surface area (Å²) < 4.78 is 27.3. The zero-order valence-electron chi connectivity index (χ0n) is 11.5. The van der Waals surface area contributed by atoms with E-state index in [2.05, 4.69) is 0 Å². The molecule has 6 nitrogen and oxygen atoms in total. The fourth-order valence-electron chi connectivity index (χ4n) is 1.80. The molecule has 0 unspecified atom stereocenters. The minimum atomic E-state index is -1.27. The van der Waals surface area contributed by atoms with Crippen LogP contribution in [0.25, 0.3) is 0 Å². The highest BCUT2D eigenvalue weighted by Crippen LogP contribution is 2.22. The number of benzene rings is 1. The van der Waals surface area contributed by atoms with E-state index >= 15 is 0 Å². The predicted octanol–water partition coefficient (Wildman–Crippen LogP) is 2.11. The summed E-state index contributed by atoms with van der Waals surface area (Å²) in [7, 11) is 0. The molecule has 0 heterocycles. The number of hydrogen-bond donors (Lipinski definition) is 1. The van der Waals surface area contributed by atoms with Crippen molar-refractivity contribution in [3.63, 3.8) is 0 Å². The van der Waals surface area contributed by atoms with Gasteiger partial charge in [-0.1, -0.05) is 13.3 Å². The molecular formula is C13H16F2N2O4. The molecule has 1 amide bonds. The minimum Gasteiger partial charge on any atom is -0.395 e. The van der Waals surface area contributed by atoms with Crippen LogP contribution in [-0.4, -0.2) is 40.5 Å². The van der Waals surface area contributed by atoms with Crippen molar-refractivity contribution in [3.05, 3.63) is 39.4 Å². The SMILES string of the molecule is CCCCN(CCO)C(=O)c1cc(F)c([N+](=O)[O-])cc1F. The van der Waals surface area contributed by atoms with E-state index in [0.29, 0.717) is 18.6 Å². The maximum atomic E-state index is 13.8. The average molecular weight is 302 g/mol. The highest BCUT2D eigenvalue weighted by Gasteiger charge is 2.24. The normalized spacial score (nSPS) is 10.5. The smallest absolute Gasteiger partial charge is 0.307 e. The van der Waals surface area contributed by atoms with E-state index in [1.54, 1.807) is 0 Å². The number of rotatable bonds is 7. The molecule has 0 fully saturated rings.